The summed E-state index contributed by atoms with van der Waals surface area (Å²) in [6.45, 7) is 1.04. The van der Waals surface area contributed by atoms with Gasteiger partial charge < -0.3 is 4.90 Å². The van der Waals surface area contributed by atoms with Gasteiger partial charge in [0.05, 0.1) is 11.5 Å². The minimum atomic E-state index is -0.482. The molecule has 0 radical (unpaired) electrons. The number of thiophene rings is 1. The molecule has 0 atom stereocenters. The molecule has 0 bridgehead atoms. The molecule has 0 aliphatic rings. The first-order valence-corrected chi connectivity index (χ1v) is 9.11. The Hall–Kier alpha value is -2.99. The van der Waals surface area contributed by atoms with Gasteiger partial charge in [-0.3, -0.25) is 14.9 Å². The fourth-order valence-corrected chi connectivity index (χ4v) is 3.41. The molecule has 3 aromatic rings. The van der Waals surface area contributed by atoms with Gasteiger partial charge >= 0.3 is 0 Å². The minimum Gasteiger partial charge on any atom is -0.333 e. The number of rotatable bonds is 7. The van der Waals surface area contributed by atoms with Crippen LogP contribution in [-0.4, -0.2) is 22.3 Å². The maximum Gasteiger partial charge on any atom is 0.270 e. The number of nitro benzene ring substituents is 1. The van der Waals surface area contributed by atoms with Gasteiger partial charge in [-0.05, 0) is 29.5 Å². The highest BCUT2D eigenvalue weighted by atomic mass is 32.1. The smallest absolute Gasteiger partial charge is 0.270 e. The molecule has 0 saturated heterocycles. The Labute approximate surface area is 155 Å². The number of carbonyl (C=O) groups excluding carboxylic acids is 1. The molecule has 6 heteroatoms. The standard InChI is InChI=1S/C20H18N2O3S/c23-20(17-8-4-9-18(14-17)22(24)25)21(15-19-10-5-13-26-19)12-11-16-6-2-1-3-7-16/h1-10,13-14H,11-12,15H2. The summed E-state index contributed by atoms with van der Waals surface area (Å²) in [6, 6.07) is 19.8. The van der Waals surface area contributed by atoms with E-state index >= 15 is 0 Å². The number of amides is 1. The van der Waals surface area contributed by atoms with Crippen molar-refractivity contribution in [3.8, 4) is 0 Å². The van der Waals surface area contributed by atoms with E-state index in [0.29, 0.717) is 18.7 Å². The summed E-state index contributed by atoms with van der Waals surface area (Å²) in [5.41, 5.74) is 1.41. The molecule has 26 heavy (non-hydrogen) atoms. The first-order valence-electron chi connectivity index (χ1n) is 8.23. The van der Waals surface area contributed by atoms with Crippen LogP contribution in [0.2, 0.25) is 0 Å². The lowest BCUT2D eigenvalue weighted by Gasteiger charge is -2.22. The zero-order chi connectivity index (χ0) is 18.4. The van der Waals surface area contributed by atoms with Crippen molar-refractivity contribution in [1.29, 1.82) is 0 Å². The molecule has 1 heterocycles. The monoisotopic (exact) mass is 366 g/mol. The molecule has 0 aliphatic heterocycles. The van der Waals surface area contributed by atoms with Crippen LogP contribution in [0.4, 0.5) is 5.69 Å². The van der Waals surface area contributed by atoms with Crippen LogP contribution in [0.5, 0.6) is 0 Å². The summed E-state index contributed by atoms with van der Waals surface area (Å²) in [7, 11) is 0. The van der Waals surface area contributed by atoms with Crippen molar-refractivity contribution in [2.75, 3.05) is 6.54 Å². The van der Waals surface area contributed by atoms with Crippen molar-refractivity contribution in [3.05, 3.63) is 98.2 Å². The van der Waals surface area contributed by atoms with Crippen molar-refractivity contribution >= 4 is 22.9 Å². The summed E-state index contributed by atoms with van der Waals surface area (Å²) >= 11 is 1.59. The summed E-state index contributed by atoms with van der Waals surface area (Å²) < 4.78 is 0. The topological polar surface area (TPSA) is 63.4 Å². The molecule has 0 fully saturated rings. The number of hydrogen-bond acceptors (Lipinski definition) is 4. The zero-order valence-electron chi connectivity index (χ0n) is 14.1. The number of hydrogen-bond donors (Lipinski definition) is 0. The van der Waals surface area contributed by atoms with Crippen LogP contribution in [0.3, 0.4) is 0 Å². The van der Waals surface area contributed by atoms with Crippen molar-refractivity contribution in [3.63, 3.8) is 0 Å². The summed E-state index contributed by atoms with van der Waals surface area (Å²) in [4.78, 5) is 26.3. The lowest BCUT2D eigenvalue weighted by molar-refractivity contribution is -0.384. The predicted molar refractivity (Wildman–Crippen MR) is 102 cm³/mol. The van der Waals surface area contributed by atoms with E-state index in [0.717, 1.165) is 16.9 Å². The molecular formula is C20H18N2O3S. The molecule has 132 valence electrons. The highest BCUT2D eigenvalue weighted by Crippen LogP contribution is 2.18. The third-order valence-electron chi connectivity index (χ3n) is 4.03. The molecule has 3 rings (SSSR count). The Morgan fingerprint density at radius 3 is 2.54 bits per heavy atom. The van der Waals surface area contributed by atoms with Gasteiger partial charge in [0.15, 0.2) is 0 Å². The van der Waals surface area contributed by atoms with Gasteiger partial charge in [0.2, 0.25) is 0 Å². The highest BCUT2D eigenvalue weighted by Gasteiger charge is 2.19. The predicted octanol–water partition coefficient (Wildman–Crippen LogP) is 4.54. The molecule has 0 unspecified atom stereocenters. The molecule has 1 aromatic heterocycles. The largest absolute Gasteiger partial charge is 0.333 e. The van der Waals surface area contributed by atoms with Crippen molar-refractivity contribution < 1.29 is 9.72 Å². The lowest BCUT2D eigenvalue weighted by Crippen LogP contribution is -2.32. The van der Waals surface area contributed by atoms with Gasteiger partial charge in [-0.25, -0.2) is 0 Å². The Morgan fingerprint density at radius 2 is 1.85 bits per heavy atom. The molecule has 0 saturated carbocycles. The van der Waals surface area contributed by atoms with Crippen LogP contribution >= 0.6 is 11.3 Å². The first kappa shape index (κ1) is 17.8. The second kappa shape index (κ2) is 8.40. The van der Waals surface area contributed by atoms with Crippen LogP contribution in [0, 0.1) is 10.1 Å². The molecule has 0 aliphatic carbocycles. The van der Waals surface area contributed by atoms with Crippen LogP contribution < -0.4 is 0 Å². The number of benzene rings is 2. The molecule has 0 spiro atoms. The molecule has 1 amide bonds. The quantitative estimate of drug-likeness (QED) is 0.455. The van der Waals surface area contributed by atoms with Crippen molar-refractivity contribution in [1.82, 2.24) is 4.90 Å². The SMILES string of the molecule is O=C(c1cccc([N+](=O)[O-])c1)N(CCc1ccccc1)Cc1cccs1. The second-order valence-corrected chi connectivity index (χ2v) is 6.88. The third-order valence-corrected chi connectivity index (χ3v) is 4.89. The van der Waals surface area contributed by atoms with Crippen LogP contribution in [0.25, 0.3) is 0 Å². The number of carbonyl (C=O) groups is 1. The average molecular weight is 366 g/mol. The van der Waals surface area contributed by atoms with E-state index in [4.69, 9.17) is 0 Å². The van der Waals surface area contributed by atoms with Gasteiger partial charge in [0.25, 0.3) is 11.6 Å². The van der Waals surface area contributed by atoms with E-state index in [1.54, 1.807) is 28.4 Å². The van der Waals surface area contributed by atoms with E-state index in [2.05, 4.69) is 0 Å². The van der Waals surface area contributed by atoms with Crippen LogP contribution in [0.15, 0.2) is 72.1 Å². The fourth-order valence-electron chi connectivity index (χ4n) is 2.69. The van der Waals surface area contributed by atoms with E-state index in [9.17, 15) is 14.9 Å². The zero-order valence-corrected chi connectivity index (χ0v) is 14.9. The Kier molecular flexibility index (Phi) is 5.76. The fraction of sp³-hybridized carbons (Fsp3) is 0.150. The number of nitro groups is 1. The van der Waals surface area contributed by atoms with E-state index in [1.807, 2.05) is 47.8 Å². The summed E-state index contributed by atoms with van der Waals surface area (Å²) in [6.07, 6.45) is 0.729. The Balaban J connectivity index is 1.80. The van der Waals surface area contributed by atoms with Gasteiger partial charge in [-0.1, -0.05) is 42.5 Å². The van der Waals surface area contributed by atoms with Crippen molar-refractivity contribution in [2.45, 2.75) is 13.0 Å². The average Bonchev–Trinajstić information content (AvgIpc) is 3.18. The second-order valence-electron chi connectivity index (χ2n) is 5.85. The van der Waals surface area contributed by atoms with Gasteiger partial charge in [0.1, 0.15) is 0 Å². The van der Waals surface area contributed by atoms with Crippen LogP contribution in [0.1, 0.15) is 20.8 Å². The number of non-ortho nitro benzene ring substituents is 1. The molecule has 0 N–H and O–H groups in total. The van der Waals surface area contributed by atoms with Gasteiger partial charge in [-0.15, -0.1) is 11.3 Å². The van der Waals surface area contributed by atoms with E-state index in [-0.39, 0.29) is 11.6 Å². The Bertz CT molecular complexity index is 879. The normalized spacial score (nSPS) is 10.5. The highest BCUT2D eigenvalue weighted by molar-refractivity contribution is 7.09. The van der Waals surface area contributed by atoms with E-state index < -0.39 is 4.92 Å². The summed E-state index contributed by atoms with van der Waals surface area (Å²) in [5, 5.41) is 13.0. The Morgan fingerprint density at radius 1 is 1.04 bits per heavy atom. The first-order chi connectivity index (χ1) is 12.6. The van der Waals surface area contributed by atoms with Crippen molar-refractivity contribution in [2.24, 2.45) is 0 Å². The maximum atomic E-state index is 13.0. The lowest BCUT2D eigenvalue weighted by atomic mass is 10.1. The van der Waals surface area contributed by atoms with Gasteiger partial charge in [-0.2, -0.15) is 0 Å². The number of nitrogens with zero attached hydrogens (tertiary/aromatic N) is 2. The molecule has 5 nitrogen and oxygen atoms in total. The molecule has 2 aromatic carbocycles. The third kappa shape index (κ3) is 4.55. The van der Waals surface area contributed by atoms with E-state index in [1.165, 1.54) is 12.1 Å². The maximum absolute atomic E-state index is 13.0. The summed E-state index contributed by atoms with van der Waals surface area (Å²) in [5.74, 6) is -0.196. The minimum absolute atomic E-state index is 0.0741. The van der Waals surface area contributed by atoms with Crippen LogP contribution in [-0.2, 0) is 13.0 Å². The molecular weight excluding hydrogens is 348 g/mol. The van der Waals surface area contributed by atoms with Gasteiger partial charge in [0, 0.05) is 29.1 Å².